The Bertz CT molecular complexity index is 524. The Hall–Kier alpha value is -1.80. The Morgan fingerprint density at radius 3 is 2.64 bits per heavy atom. The second-order valence-corrected chi connectivity index (χ2v) is 5.78. The van der Waals surface area contributed by atoms with Crippen molar-refractivity contribution >= 4 is 0 Å². The van der Waals surface area contributed by atoms with E-state index in [1.807, 2.05) is 18.2 Å². The van der Waals surface area contributed by atoms with Crippen LogP contribution in [0.3, 0.4) is 0 Å². The summed E-state index contributed by atoms with van der Waals surface area (Å²) in [5.74, 6) is 0. The fourth-order valence-electron chi connectivity index (χ4n) is 2.07. The maximum Gasteiger partial charge on any atom is 0.0934 e. The molecule has 120 valence electrons. The fraction of sp³-hybridized carbons (Fsp3) is 0.400. The van der Waals surface area contributed by atoms with Gasteiger partial charge in [0.05, 0.1) is 19.1 Å². The molecule has 1 aromatic rings. The quantitative estimate of drug-likeness (QED) is 0.490. The van der Waals surface area contributed by atoms with E-state index in [1.165, 1.54) is 16.7 Å². The van der Waals surface area contributed by atoms with E-state index in [0.717, 1.165) is 31.3 Å². The van der Waals surface area contributed by atoms with Gasteiger partial charge in [-0.2, -0.15) is 0 Å². The molecule has 0 fully saturated rings. The Morgan fingerprint density at radius 2 is 2.00 bits per heavy atom. The van der Waals surface area contributed by atoms with Crippen LogP contribution in [0, 0.1) is 0 Å². The summed E-state index contributed by atoms with van der Waals surface area (Å²) in [7, 11) is 0. The molecule has 2 heteroatoms. The van der Waals surface area contributed by atoms with Gasteiger partial charge in [-0.15, -0.1) is 0 Å². The number of aliphatic hydroxyl groups excluding tert-OH is 1. The van der Waals surface area contributed by atoms with Crippen molar-refractivity contribution in [1.82, 2.24) is 0 Å². The molecule has 22 heavy (non-hydrogen) atoms. The Labute approximate surface area is 134 Å². The highest BCUT2D eigenvalue weighted by molar-refractivity contribution is 5.23. The van der Waals surface area contributed by atoms with Crippen LogP contribution in [0.1, 0.15) is 45.6 Å². The van der Waals surface area contributed by atoms with Crippen LogP contribution in [-0.2, 0) is 6.42 Å². The number of aliphatic hydroxyl groups is 1. The summed E-state index contributed by atoms with van der Waals surface area (Å²) < 4.78 is 5.05. The lowest BCUT2D eigenvalue weighted by Gasteiger charge is -2.00. The van der Waals surface area contributed by atoms with E-state index in [0.29, 0.717) is 0 Å². The van der Waals surface area contributed by atoms with Gasteiger partial charge in [-0.25, -0.2) is 0 Å². The summed E-state index contributed by atoms with van der Waals surface area (Å²) >= 11 is 0. The van der Waals surface area contributed by atoms with Crippen LogP contribution in [-0.4, -0.2) is 11.7 Å². The predicted octanol–water partition coefficient (Wildman–Crippen LogP) is 5.38. The number of hydrogen-bond donors (Lipinski definition) is 1. The zero-order chi connectivity index (χ0) is 16.2. The summed E-state index contributed by atoms with van der Waals surface area (Å²) in [4.78, 5) is 0. The molecule has 1 aromatic heterocycles. The van der Waals surface area contributed by atoms with Crippen molar-refractivity contribution in [3.8, 4) is 0 Å². The van der Waals surface area contributed by atoms with E-state index in [2.05, 4.69) is 39.0 Å². The SMILES string of the molecule is CC(C)=CCC/C(=C/C=C/C(C)=C/CCc1ccoc1)CO. The molecule has 0 unspecified atom stereocenters. The Morgan fingerprint density at radius 1 is 1.18 bits per heavy atom. The van der Waals surface area contributed by atoms with Crippen LogP contribution in [0.5, 0.6) is 0 Å². The van der Waals surface area contributed by atoms with Crippen molar-refractivity contribution in [3.05, 3.63) is 71.3 Å². The third kappa shape index (κ3) is 8.48. The number of allylic oxidation sites excluding steroid dienone is 7. The van der Waals surface area contributed by atoms with Gasteiger partial charge in [-0.05, 0) is 63.7 Å². The van der Waals surface area contributed by atoms with Gasteiger partial charge in [0.15, 0.2) is 0 Å². The van der Waals surface area contributed by atoms with Crippen molar-refractivity contribution in [1.29, 1.82) is 0 Å². The van der Waals surface area contributed by atoms with E-state index >= 15 is 0 Å². The first kappa shape index (κ1) is 18.2. The smallest absolute Gasteiger partial charge is 0.0934 e. The maximum atomic E-state index is 9.36. The van der Waals surface area contributed by atoms with Gasteiger partial charge in [0.2, 0.25) is 0 Å². The minimum absolute atomic E-state index is 0.129. The van der Waals surface area contributed by atoms with Crippen LogP contribution < -0.4 is 0 Å². The van der Waals surface area contributed by atoms with Crippen LogP contribution in [0.25, 0.3) is 0 Å². The lowest BCUT2D eigenvalue weighted by atomic mass is 10.1. The molecule has 0 radical (unpaired) electrons. The van der Waals surface area contributed by atoms with Gasteiger partial charge in [-0.3, -0.25) is 0 Å². The topological polar surface area (TPSA) is 33.4 Å². The van der Waals surface area contributed by atoms with Crippen molar-refractivity contribution in [2.24, 2.45) is 0 Å². The molecule has 0 saturated heterocycles. The van der Waals surface area contributed by atoms with E-state index in [9.17, 15) is 5.11 Å². The predicted molar refractivity (Wildman–Crippen MR) is 93.8 cm³/mol. The van der Waals surface area contributed by atoms with Crippen molar-refractivity contribution < 1.29 is 9.52 Å². The Balaban J connectivity index is 2.39. The fourth-order valence-corrected chi connectivity index (χ4v) is 2.07. The molecular formula is C20H28O2. The monoisotopic (exact) mass is 300 g/mol. The molecule has 1 N–H and O–H groups in total. The number of hydrogen-bond acceptors (Lipinski definition) is 2. The molecule has 0 aliphatic carbocycles. The first-order valence-corrected chi connectivity index (χ1v) is 7.90. The standard InChI is InChI=1S/C20H28O2/c1-17(2)7-4-10-19(15-21)11-5-8-18(3)9-6-12-20-13-14-22-16-20/h5,7-9,11,13-14,16,21H,4,6,10,12,15H2,1-3H3/b8-5+,18-9+,19-11-. The molecule has 0 atom stereocenters. The highest BCUT2D eigenvalue weighted by atomic mass is 16.3. The maximum absolute atomic E-state index is 9.36. The van der Waals surface area contributed by atoms with Gasteiger partial charge in [-0.1, -0.05) is 41.5 Å². The highest BCUT2D eigenvalue weighted by Gasteiger charge is 1.94. The second-order valence-electron chi connectivity index (χ2n) is 5.78. The summed E-state index contributed by atoms with van der Waals surface area (Å²) in [6, 6.07) is 2.00. The molecule has 0 spiro atoms. The zero-order valence-corrected chi connectivity index (χ0v) is 14.0. The molecule has 2 nitrogen and oxygen atoms in total. The molecule has 0 aliphatic rings. The summed E-state index contributed by atoms with van der Waals surface area (Å²) in [6.07, 6.45) is 18.0. The first-order chi connectivity index (χ1) is 10.6. The summed E-state index contributed by atoms with van der Waals surface area (Å²) in [5.41, 5.74) is 4.86. The average molecular weight is 300 g/mol. The van der Waals surface area contributed by atoms with E-state index < -0.39 is 0 Å². The molecule has 0 amide bonds. The minimum Gasteiger partial charge on any atom is -0.472 e. The third-order valence-corrected chi connectivity index (χ3v) is 3.39. The van der Waals surface area contributed by atoms with Gasteiger partial charge < -0.3 is 9.52 Å². The van der Waals surface area contributed by atoms with Gasteiger partial charge >= 0.3 is 0 Å². The van der Waals surface area contributed by atoms with E-state index in [1.54, 1.807) is 12.5 Å². The first-order valence-electron chi connectivity index (χ1n) is 7.90. The van der Waals surface area contributed by atoms with Crippen LogP contribution >= 0.6 is 0 Å². The van der Waals surface area contributed by atoms with Crippen molar-refractivity contribution in [3.63, 3.8) is 0 Å². The van der Waals surface area contributed by atoms with E-state index in [-0.39, 0.29) is 6.61 Å². The van der Waals surface area contributed by atoms with Crippen LogP contribution in [0.2, 0.25) is 0 Å². The molecule has 0 aromatic carbocycles. The minimum atomic E-state index is 0.129. The average Bonchev–Trinajstić information content (AvgIpc) is 2.98. The molecule has 0 bridgehead atoms. The Kier molecular flexibility index (Phi) is 9.01. The summed E-state index contributed by atoms with van der Waals surface area (Å²) in [5, 5.41) is 9.36. The molecule has 0 saturated carbocycles. The number of aryl methyl sites for hydroxylation is 1. The van der Waals surface area contributed by atoms with Crippen molar-refractivity contribution in [2.45, 2.75) is 46.5 Å². The molecule has 1 heterocycles. The van der Waals surface area contributed by atoms with E-state index in [4.69, 9.17) is 4.42 Å². The second kappa shape index (κ2) is 10.9. The van der Waals surface area contributed by atoms with Gasteiger partial charge in [0, 0.05) is 0 Å². The van der Waals surface area contributed by atoms with Crippen LogP contribution in [0.4, 0.5) is 0 Å². The summed E-state index contributed by atoms with van der Waals surface area (Å²) in [6.45, 7) is 6.42. The molecule has 1 rings (SSSR count). The lowest BCUT2D eigenvalue weighted by molar-refractivity contribution is 0.327. The lowest BCUT2D eigenvalue weighted by Crippen LogP contribution is -1.89. The largest absolute Gasteiger partial charge is 0.472 e. The molecular weight excluding hydrogens is 272 g/mol. The van der Waals surface area contributed by atoms with Gasteiger partial charge in [0.1, 0.15) is 0 Å². The van der Waals surface area contributed by atoms with Gasteiger partial charge in [0.25, 0.3) is 0 Å². The number of rotatable bonds is 9. The number of furan rings is 1. The van der Waals surface area contributed by atoms with Crippen LogP contribution in [0.15, 0.2) is 70.1 Å². The zero-order valence-electron chi connectivity index (χ0n) is 14.0. The molecule has 0 aliphatic heterocycles. The normalized spacial score (nSPS) is 12.9. The third-order valence-electron chi connectivity index (χ3n) is 3.39. The van der Waals surface area contributed by atoms with Crippen molar-refractivity contribution in [2.75, 3.05) is 6.61 Å². The highest BCUT2D eigenvalue weighted by Crippen LogP contribution is 2.09.